The fraction of sp³-hybridized carbons (Fsp3) is 0. The van der Waals surface area contributed by atoms with Gasteiger partial charge in [-0.1, -0.05) is 103 Å². The van der Waals surface area contributed by atoms with Crippen LogP contribution in [-0.4, -0.2) is 14.1 Å². The Labute approximate surface area is 275 Å². The van der Waals surface area contributed by atoms with Gasteiger partial charge in [-0.25, -0.2) is 4.98 Å². The van der Waals surface area contributed by atoms with Crippen LogP contribution in [0.1, 0.15) is 0 Å². The number of benzene rings is 7. The number of rotatable bonds is 4. The van der Waals surface area contributed by atoms with Gasteiger partial charge in [0.15, 0.2) is 0 Å². The zero-order chi connectivity index (χ0) is 30.9. The van der Waals surface area contributed by atoms with Crippen molar-refractivity contribution < 1.29 is 0 Å². The van der Waals surface area contributed by atoms with E-state index in [1.165, 1.54) is 53.1 Å². The summed E-state index contributed by atoms with van der Waals surface area (Å²) in [5, 5.41) is 5.16. The zero-order valence-corrected chi connectivity index (χ0v) is 26.2. The second kappa shape index (κ2) is 10.3. The fourth-order valence-corrected chi connectivity index (χ4v) is 8.45. The Hall–Kier alpha value is -5.97. The molecule has 10 aromatic rings. The van der Waals surface area contributed by atoms with Crippen molar-refractivity contribution in [2.45, 2.75) is 0 Å². The Morgan fingerprint density at radius 3 is 1.94 bits per heavy atom. The van der Waals surface area contributed by atoms with Gasteiger partial charge >= 0.3 is 0 Å². The second-order valence-corrected chi connectivity index (χ2v) is 13.1. The van der Waals surface area contributed by atoms with E-state index in [9.17, 15) is 0 Å². The molecule has 0 saturated carbocycles. The molecule has 0 atom stereocenters. The lowest BCUT2D eigenvalue weighted by atomic mass is 10.0. The molecule has 0 unspecified atom stereocenters. The van der Waals surface area contributed by atoms with E-state index in [1.54, 1.807) is 0 Å². The van der Waals surface area contributed by atoms with Gasteiger partial charge in [0, 0.05) is 47.9 Å². The van der Waals surface area contributed by atoms with Crippen molar-refractivity contribution in [1.82, 2.24) is 14.1 Å². The van der Waals surface area contributed by atoms with E-state index in [2.05, 4.69) is 161 Å². The molecular weight excluding hydrogens is 591 g/mol. The number of imidazole rings is 1. The molecule has 3 nitrogen and oxygen atoms in total. The molecule has 0 radical (unpaired) electrons. The molecule has 47 heavy (non-hydrogen) atoms. The summed E-state index contributed by atoms with van der Waals surface area (Å²) in [6.45, 7) is 0. The van der Waals surface area contributed by atoms with Crippen LogP contribution in [-0.2, 0) is 0 Å². The van der Waals surface area contributed by atoms with Crippen LogP contribution in [0, 0.1) is 0 Å². The van der Waals surface area contributed by atoms with Crippen molar-refractivity contribution in [2.75, 3.05) is 0 Å². The molecule has 220 valence electrons. The first-order valence-electron chi connectivity index (χ1n) is 15.9. The Morgan fingerprint density at radius 1 is 0.426 bits per heavy atom. The van der Waals surface area contributed by atoms with Gasteiger partial charge in [0.1, 0.15) is 5.82 Å². The SMILES string of the molecule is c1ccc(-c2nc3ccccc3n2-c2ccc(-n3c4ccccc4c4cc(-c5cccc6c5sc5ccccc56)ccc43)cc2)cc1. The van der Waals surface area contributed by atoms with Crippen molar-refractivity contribution in [3.05, 3.63) is 164 Å². The number of fused-ring (bicyclic) bond motifs is 7. The number of hydrogen-bond acceptors (Lipinski definition) is 2. The van der Waals surface area contributed by atoms with E-state index in [-0.39, 0.29) is 0 Å². The fourth-order valence-electron chi connectivity index (χ4n) is 7.21. The molecule has 3 heterocycles. The van der Waals surface area contributed by atoms with Crippen molar-refractivity contribution in [1.29, 1.82) is 0 Å². The van der Waals surface area contributed by atoms with Gasteiger partial charge in [-0.3, -0.25) is 4.57 Å². The minimum Gasteiger partial charge on any atom is -0.309 e. The summed E-state index contributed by atoms with van der Waals surface area (Å²) < 4.78 is 7.33. The molecule has 4 heteroatoms. The Bertz CT molecular complexity index is 2780. The van der Waals surface area contributed by atoms with Crippen molar-refractivity contribution in [3.8, 4) is 33.9 Å². The van der Waals surface area contributed by atoms with Crippen LogP contribution in [0.4, 0.5) is 0 Å². The summed E-state index contributed by atoms with van der Waals surface area (Å²) in [4.78, 5) is 5.04. The number of hydrogen-bond donors (Lipinski definition) is 0. The molecule has 0 N–H and O–H groups in total. The standard InChI is InChI=1S/C43H27N3S/c1-2-11-28(12-3-1)43-44-37-17-6-8-19-40(37)46(43)31-24-22-30(23-25-31)45-38-18-7-4-13-33(38)36-27-29(21-26-39(36)45)32-15-10-16-35-34-14-5-9-20-41(34)47-42(32)35/h1-27H. The van der Waals surface area contributed by atoms with Crippen molar-refractivity contribution in [2.24, 2.45) is 0 Å². The molecule has 7 aromatic carbocycles. The van der Waals surface area contributed by atoms with Crippen molar-refractivity contribution >= 4 is 64.3 Å². The summed E-state index contributed by atoms with van der Waals surface area (Å²) in [5.74, 6) is 0.942. The Kier molecular flexibility index (Phi) is 5.74. The Morgan fingerprint density at radius 2 is 1.09 bits per heavy atom. The maximum Gasteiger partial charge on any atom is 0.145 e. The highest BCUT2D eigenvalue weighted by Gasteiger charge is 2.17. The predicted molar refractivity (Wildman–Crippen MR) is 199 cm³/mol. The number of nitrogens with zero attached hydrogens (tertiary/aromatic N) is 3. The smallest absolute Gasteiger partial charge is 0.145 e. The minimum absolute atomic E-state index is 0.942. The predicted octanol–water partition coefficient (Wildman–Crippen LogP) is 11.8. The summed E-state index contributed by atoms with van der Waals surface area (Å²) in [6, 6.07) is 58.8. The van der Waals surface area contributed by atoms with Crippen LogP contribution in [0.5, 0.6) is 0 Å². The van der Waals surface area contributed by atoms with E-state index in [0.29, 0.717) is 0 Å². The molecule has 10 rings (SSSR count). The highest BCUT2D eigenvalue weighted by Crippen LogP contribution is 2.42. The van der Waals surface area contributed by atoms with Crippen LogP contribution in [0.25, 0.3) is 86.9 Å². The largest absolute Gasteiger partial charge is 0.309 e. The quantitative estimate of drug-likeness (QED) is 0.193. The maximum absolute atomic E-state index is 5.04. The zero-order valence-electron chi connectivity index (χ0n) is 25.3. The molecule has 0 bridgehead atoms. The lowest BCUT2D eigenvalue weighted by molar-refractivity contribution is 1.09. The first-order chi connectivity index (χ1) is 23.3. The van der Waals surface area contributed by atoms with Gasteiger partial charge in [-0.15, -0.1) is 11.3 Å². The Balaban J connectivity index is 1.13. The first-order valence-corrected chi connectivity index (χ1v) is 16.7. The van der Waals surface area contributed by atoms with Gasteiger partial charge in [0.05, 0.1) is 22.1 Å². The second-order valence-electron chi connectivity index (χ2n) is 12.0. The molecule has 0 saturated heterocycles. The molecule has 0 amide bonds. The number of thiophene rings is 1. The molecule has 0 aliphatic carbocycles. The van der Waals surface area contributed by atoms with E-state index in [4.69, 9.17) is 4.98 Å². The average molecular weight is 618 g/mol. The molecule has 0 aliphatic heterocycles. The van der Waals surface area contributed by atoms with Crippen LogP contribution in [0.15, 0.2) is 164 Å². The lowest BCUT2D eigenvalue weighted by Crippen LogP contribution is -1.99. The van der Waals surface area contributed by atoms with Gasteiger partial charge in [0.25, 0.3) is 0 Å². The number of para-hydroxylation sites is 3. The van der Waals surface area contributed by atoms with E-state index < -0.39 is 0 Å². The molecule has 0 fully saturated rings. The van der Waals surface area contributed by atoms with Crippen LogP contribution in [0.2, 0.25) is 0 Å². The molecule has 0 aliphatic rings. The number of aromatic nitrogens is 3. The average Bonchev–Trinajstić information content (AvgIpc) is 3.82. The van der Waals surface area contributed by atoms with E-state index in [0.717, 1.165) is 33.8 Å². The highest BCUT2D eigenvalue weighted by molar-refractivity contribution is 7.26. The van der Waals surface area contributed by atoms with Crippen LogP contribution < -0.4 is 0 Å². The van der Waals surface area contributed by atoms with E-state index in [1.807, 2.05) is 23.5 Å². The van der Waals surface area contributed by atoms with Crippen molar-refractivity contribution in [3.63, 3.8) is 0 Å². The molecule has 0 spiro atoms. The van der Waals surface area contributed by atoms with Gasteiger partial charge < -0.3 is 4.57 Å². The topological polar surface area (TPSA) is 22.8 Å². The first kappa shape index (κ1) is 26.3. The van der Waals surface area contributed by atoms with Gasteiger partial charge in [0.2, 0.25) is 0 Å². The van der Waals surface area contributed by atoms with E-state index >= 15 is 0 Å². The summed E-state index contributed by atoms with van der Waals surface area (Å²) >= 11 is 1.88. The third-order valence-electron chi connectivity index (χ3n) is 9.35. The van der Waals surface area contributed by atoms with Crippen LogP contribution in [0.3, 0.4) is 0 Å². The van der Waals surface area contributed by atoms with Gasteiger partial charge in [-0.2, -0.15) is 0 Å². The molecular formula is C43H27N3S. The lowest BCUT2D eigenvalue weighted by Gasteiger charge is -2.13. The normalized spacial score (nSPS) is 11.8. The summed E-state index contributed by atoms with van der Waals surface area (Å²) in [6.07, 6.45) is 0. The highest BCUT2D eigenvalue weighted by atomic mass is 32.1. The molecule has 3 aromatic heterocycles. The minimum atomic E-state index is 0.942. The maximum atomic E-state index is 5.04. The van der Waals surface area contributed by atoms with Crippen LogP contribution >= 0.6 is 11.3 Å². The van der Waals surface area contributed by atoms with Gasteiger partial charge in [-0.05, 0) is 71.8 Å². The summed E-state index contributed by atoms with van der Waals surface area (Å²) in [7, 11) is 0. The third kappa shape index (κ3) is 4.02. The third-order valence-corrected chi connectivity index (χ3v) is 10.6. The monoisotopic (exact) mass is 617 g/mol. The summed E-state index contributed by atoms with van der Waals surface area (Å²) in [5.41, 5.74) is 10.3.